The normalized spacial score (nSPS) is 17.4. The van der Waals surface area contributed by atoms with Crippen LogP contribution in [0, 0.1) is 5.92 Å². The largest absolute Gasteiger partial charge is 0.338 e. The topological polar surface area (TPSA) is 32.3 Å². The molecule has 130 valence electrons. The van der Waals surface area contributed by atoms with Gasteiger partial charge in [-0.05, 0) is 62.2 Å². The quantitative estimate of drug-likeness (QED) is 0.766. The number of nitrogens with zero attached hydrogens (tertiary/aromatic N) is 1. The number of hydrogen-bond acceptors (Lipinski definition) is 3. The summed E-state index contributed by atoms with van der Waals surface area (Å²) in [5.74, 6) is 0.753. The fourth-order valence-electron chi connectivity index (χ4n) is 3.08. The SMILES string of the molecule is CNCC1CCCN(C(=O)c2ccc(-c3ccc(Br)cc3)s2)C1.Cl. The van der Waals surface area contributed by atoms with Gasteiger partial charge in [-0.15, -0.1) is 23.7 Å². The molecule has 1 aliphatic rings. The number of hydrogen-bond donors (Lipinski definition) is 1. The lowest BCUT2D eigenvalue weighted by Gasteiger charge is -2.32. The summed E-state index contributed by atoms with van der Waals surface area (Å²) in [5.41, 5.74) is 1.16. The highest BCUT2D eigenvalue weighted by Crippen LogP contribution is 2.30. The first-order valence-electron chi connectivity index (χ1n) is 7.97. The van der Waals surface area contributed by atoms with Gasteiger partial charge in [-0.2, -0.15) is 0 Å². The van der Waals surface area contributed by atoms with Gasteiger partial charge in [0.2, 0.25) is 0 Å². The number of thiophene rings is 1. The van der Waals surface area contributed by atoms with Crippen LogP contribution in [0.2, 0.25) is 0 Å². The first kappa shape index (κ1) is 19.4. The van der Waals surface area contributed by atoms with E-state index in [4.69, 9.17) is 0 Å². The first-order valence-corrected chi connectivity index (χ1v) is 9.58. The molecule has 1 aromatic carbocycles. The number of nitrogens with one attached hydrogen (secondary N) is 1. The Balaban J connectivity index is 0.00000208. The first-order chi connectivity index (χ1) is 11.2. The molecule has 1 N–H and O–H groups in total. The summed E-state index contributed by atoms with van der Waals surface area (Å²) in [5, 5.41) is 3.23. The van der Waals surface area contributed by atoms with E-state index in [9.17, 15) is 4.79 Å². The lowest BCUT2D eigenvalue weighted by Crippen LogP contribution is -2.42. The second-order valence-corrected chi connectivity index (χ2v) is 7.99. The van der Waals surface area contributed by atoms with Crippen LogP contribution in [0.5, 0.6) is 0 Å². The Kier molecular flexibility index (Phi) is 7.29. The van der Waals surface area contributed by atoms with Gasteiger partial charge in [0, 0.05) is 22.4 Å². The number of likely N-dealkylation sites (tertiary alicyclic amines) is 1. The molecule has 24 heavy (non-hydrogen) atoms. The van der Waals surface area contributed by atoms with Gasteiger partial charge in [0.05, 0.1) is 4.88 Å². The van der Waals surface area contributed by atoms with E-state index < -0.39 is 0 Å². The zero-order valence-electron chi connectivity index (χ0n) is 13.6. The van der Waals surface area contributed by atoms with Gasteiger partial charge in [-0.3, -0.25) is 4.79 Å². The van der Waals surface area contributed by atoms with Crippen LogP contribution < -0.4 is 5.32 Å². The molecular formula is C18H22BrClN2OS. The van der Waals surface area contributed by atoms with Gasteiger partial charge >= 0.3 is 0 Å². The highest BCUT2D eigenvalue weighted by Gasteiger charge is 2.25. The molecule has 3 rings (SSSR count). The summed E-state index contributed by atoms with van der Waals surface area (Å²) < 4.78 is 1.07. The van der Waals surface area contributed by atoms with Crippen LogP contribution in [-0.2, 0) is 0 Å². The van der Waals surface area contributed by atoms with Crippen LogP contribution in [0.1, 0.15) is 22.5 Å². The van der Waals surface area contributed by atoms with Gasteiger partial charge in [0.1, 0.15) is 0 Å². The fraction of sp³-hybridized carbons (Fsp3) is 0.389. The van der Waals surface area contributed by atoms with Crippen molar-refractivity contribution in [2.45, 2.75) is 12.8 Å². The number of piperidine rings is 1. The minimum Gasteiger partial charge on any atom is -0.338 e. The minimum absolute atomic E-state index is 0. The molecule has 2 aromatic rings. The van der Waals surface area contributed by atoms with Crippen molar-refractivity contribution in [3.05, 3.63) is 45.7 Å². The molecule has 0 saturated carbocycles. The van der Waals surface area contributed by atoms with Crippen molar-refractivity contribution < 1.29 is 4.79 Å². The van der Waals surface area contributed by atoms with Gasteiger partial charge < -0.3 is 10.2 Å². The summed E-state index contributed by atoms with van der Waals surface area (Å²) in [6, 6.07) is 12.2. The highest BCUT2D eigenvalue weighted by atomic mass is 79.9. The summed E-state index contributed by atoms with van der Waals surface area (Å²) >= 11 is 5.04. The van der Waals surface area contributed by atoms with Crippen LogP contribution >= 0.6 is 39.7 Å². The molecule has 0 spiro atoms. The summed E-state index contributed by atoms with van der Waals surface area (Å²) in [4.78, 5) is 16.8. The predicted octanol–water partition coefficient (Wildman–Crippen LogP) is 4.67. The fourth-order valence-corrected chi connectivity index (χ4v) is 4.33. The molecule has 1 aromatic heterocycles. The van der Waals surface area contributed by atoms with Crippen molar-refractivity contribution in [1.29, 1.82) is 0 Å². The van der Waals surface area contributed by atoms with Gasteiger partial charge in [-0.25, -0.2) is 0 Å². The standard InChI is InChI=1S/C18H21BrN2OS.ClH/c1-20-11-13-3-2-10-21(12-13)18(22)17-9-8-16(23-17)14-4-6-15(19)7-5-14;/h4-9,13,20H,2-3,10-12H2,1H3;1H. The second-order valence-electron chi connectivity index (χ2n) is 5.99. The van der Waals surface area contributed by atoms with E-state index in [1.165, 1.54) is 6.42 Å². The Morgan fingerprint density at radius 2 is 2.04 bits per heavy atom. The van der Waals surface area contributed by atoms with Gasteiger partial charge in [0.25, 0.3) is 5.91 Å². The second kappa shape index (κ2) is 8.99. The Labute approximate surface area is 162 Å². The minimum atomic E-state index is 0. The third-order valence-corrected chi connectivity index (χ3v) is 5.90. The molecule has 1 aliphatic heterocycles. The van der Waals surface area contributed by atoms with Crippen LogP contribution in [0.4, 0.5) is 0 Å². The van der Waals surface area contributed by atoms with Crippen molar-refractivity contribution in [2.75, 3.05) is 26.7 Å². The summed E-state index contributed by atoms with van der Waals surface area (Å²) in [6.07, 6.45) is 2.31. The van der Waals surface area contributed by atoms with Crippen molar-refractivity contribution in [2.24, 2.45) is 5.92 Å². The molecule has 1 saturated heterocycles. The lowest BCUT2D eigenvalue weighted by molar-refractivity contribution is 0.0679. The monoisotopic (exact) mass is 428 g/mol. The number of rotatable bonds is 4. The molecule has 1 fully saturated rings. The molecule has 3 nitrogen and oxygen atoms in total. The molecule has 2 heterocycles. The van der Waals surface area contributed by atoms with E-state index >= 15 is 0 Å². The van der Waals surface area contributed by atoms with Crippen molar-refractivity contribution in [3.63, 3.8) is 0 Å². The van der Waals surface area contributed by atoms with E-state index in [1.807, 2.05) is 30.1 Å². The number of benzene rings is 1. The highest BCUT2D eigenvalue weighted by molar-refractivity contribution is 9.10. The average Bonchev–Trinajstić information content (AvgIpc) is 3.05. The number of halogens is 2. The molecule has 0 bridgehead atoms. The van der Waals surface area contributed by atoms with E-state index in [1.54, 1.807) is 11.3 Å². The maximum Gasteiger partial charge on any atom is 0.263 e. The maximum atomic E-state index is 12.8. The zero-order chi connectivity index (χ0) is 16.2. The molecule has 0 radical (unpaired) electrons. The average molecular weight is 430 g/mol. The van der Waals surface area contributed by atoms with Crippen LogP contribution in [-0.4, -0.2) is 37.5 Å². The number of carbonyl (C=O) groups excluding carboxylic acids is 1. The third-order valence-electron chi connectivity index (χ3n) is 4.24. The Morgan fingerprint density at radius 3 is 2.75 bits per heavy atom. The van der Waals surface area contributed by atoms with Crippen molar-refractivity contribution in [1.82, 2.24) is 10.2 Å². The molecule has 1 unspecified atom stereocenters. The van der Waals surface area contributed by atoms with Crippen LogP contribution in [0.25, 0.3) is 10.4 Å². The Hall–Kier alpha value is -0.880. The molecule has 1 amide bonds. The van der Waals surface area contributed by atoms with Gasteiger partial charge in [-0.1, -0.05) is 28.1 Å². The predicted molar refractivity (Wildman–Crippen MR) is 107 cm³/mol. The Morgan fingerprint density at radius 1 is 1.29 bits per heavy atom. The third kappa shape index (κ3) is 4.60. The molecule has 0 aliphatic carbocycles. The molecular weight excluding hydrogens is 408 g/mol. The van der Waals surface area contributed by atoms with Crippen molar-refractivity contribution in [3.8, 4) is 10.4 Å². The van der Waals surface area contributed by atoms with Gasteiger partial charge in [0.15, 0.2) is 0 Å². The van der Waals surface area contributed by atoms with E-state index in [0.29, 0.717) is 5.92 Å². The maximum absolute atomic E-state index is 12.8. The van der Waals surface area contributed by atoms with Crippen LogP contribution in [0.3, 0.4) is 0 Å². The number of amides is 1. The number of carbonyl (C=O) groups is 1. The Bertz CT molecular complexity index is 672. The van der Waals surface area contributed by atoms with E-state index in [0.717, 1.165) is 45.8 Å². The molecule has 6 heteroatoms. The van der Waals surface area contributed by atoms with E-state index in [-0.39, 0.29) is 18.3 Å². The van der Waals surface area contributed by atoms with Crippen molar-refractivity contribution >= 4 is 45.6 Å². The lowest BCUT2D eigenvalue weighted by atomic mass is 9.98. The van der Waals surface area contributed by atoms with Crippen LogP contribution in [0.15, 0.2) is 40.9 Å². The van der Waals surface area contributed by atoms with E-state index in [2.05, 4.69) is 39.4 Å². The summed E-state index contributed by atoms with van der Waals surface area (Å²) in [7, 11) is 1.98. The smallest absolute Gasteiger partial charge is 0.263 e. The molecule has 1 atom stereocenters. The zero-order valence-corrected chi connectivity index (χ0v) is 16.8. The summed E-state index contributed by atoms with van der Waals surface area (Å²) in [6.45, 7) is 2.73.